The molecule has 1 aliphatic heterocycles. The molecule has 2 aromatic carbocycles. The second-order valence-electron chi connectivity index (χ2n) is 7.34. The number of aromatic nitrogens is 1. The van der Waals surface area contributed by atoms with Crippen LogP contribution in [0, 0.1) is 0 Å². The van der Waals surface area contributed by atoms with Crippen molar-refractivity contribution in [3.8, 4) is 17.2 Å². The van der Waals surface area contributed by atoms with Gasteiger partial charge in [0.1, 0.15) is 17.5 Å². The van der Waals surface area contributed by atoms with Crippen LogP contribution in [-0.4, -0.2) is 39.4 Å². The second-order valence-corrected chi connectivity index (χ2v) is 8.20. The van der Waals surface area contributed by atoms with E-state index < -0.39 is 6.04 Å². The third kappa shape index (κ3) is 3.55. The largest absolute Gasteiger partial charge is 0.506 e. The molecular formula is C23H19N3O4S. The molecule has 1 atom stereocenters. The van der Waals surface area contributed by atoms with Gasteiger partial charge in [-0.1, -0.05) is 30.3 Å². The summed E-state index contributed by atoms with van der Waals surface area (Å²) >= 11 is 1.30. The third-order valence-electron chi connectivity index (χ3n) is 5.46. The summed E-state index contributed by atoms with van der Waals surface area (Å²) in [6.45, 7) is 0.457. The number of nitrogens with one attached hydrogen (secondary N) is 1. The fraction of sp³-hybridized carbons (Fsp3) is 0.174. The third-order valence-corrected chi connectivity index (χ3v) is 6.21. The molecule has 3 heterocycles. The van der Waals surface area contributed by atoms with Crippen LogP contribution in [0.15, 0.2) is 64.6 Å². The van der Waals surface area contributed by atoms with Crippen molar-refractivity contribution in [3.05, 3.63) is 65.7 Å². The van der Waals surface area contributed by atoms with Crippen LogP contribution in [-0.2, 0) is 4.79 Å². The van der Waals surface area contributed by atoms with Gasteiger partial charge in [0.25, 0.3) is 5.91 Å². The fourth-order valence-electron chi connectivity index (χ4n) is 3.92. The van der Waals surface area contributed by atoms with Gasteiger partial charge in [-0.05, 0) is 36.4 Å². The highest BCUT2D eigenvalue weighted by molar-refractivity contribution is 7.14. The van der Waals surface area contributed by atoms with E-state index in [4.69, 9.17) is 4.42 Å². The van der Waals surface area contributed by atoms with Crippen molar-refractivity contribution in [2.45, 2.75) is 18.9 Å². The van der Waals surface area contributed by atoms with Gasteiger partial charge < -0.3 is 19.7 Å². The van der Waals surface area contributed by atoms with Crippen molar-refractivity contribution in [1.82, 2.24) is 9.88 Å². The van der Waals surface area contributed by atoms with E-state index in [-0.39, 0.29) is 23.1 Å². The van der Waals surface area contributed by atoms with Crippen LogP contribution >= 0.6 is 11.3 Å². The molecule has 2 N–H and O–H groups in total. The first kappa shape index (κ1) is 19.3. The van der Waals surface area contributed by atoms with Gasteiger partial charge in [-0.2, -0.15) is 0 Å². The number of nitrogens with zero attached hydrogens (tertiary/aromatic N) is 2. The first-order chi connectivity index (χ1) is 15.1. The molecule has 1 unspecified atom stereocenters. The van der Waals surface area contributed by atoms with Crippen molar-refractivity contribution in [1.29, 1.82) is 0 Å². The average molecular weight is 433 g/mol. The maximum atomic E-state index is 13.2. The Morgan fingerprint density at radius 2 is 2.03 bits per heavy atom. The molecule has 1 aliphatic rings. The van der Waals surface area contributed by atoms with Crippen molar-refractivity contribution in [3.63, 3.8) is 0 Å². The molecule has 31 heavy (non-hydrogen) atoms. The number of fused-ring (bicyclic) bond motifs is 1. The van der Waals surface area contributed by atoms with E-state index in [0.717, 1.165) is 5.39 Å². The number of carbonyl (C=O) groups excluding carboxylic acids is 2. The van der Waals surface area contributed by atoms with Crippen LogP contribution in [0.4, 0.5) is 5.13 Å². The van der Waals surface area contributed by atoms with Crippen LogP contribution in [0.3, 0.4) is 0 Å². The van der Waals surface area contributed by atoms with E-state index in [1.807, 2.05) is 18.2 Å². The monoisotopic (exact) mass is 433 g/mol. The van der Waals surface area contributed by atoms with E-state index in [1.165, 1.54) is 16.2 Å². The number of hydrogen-bond donors (Lipinski definition) is 2. The van der Waals surface area contributed by atoms with Gasteiger partial charge in [0.15, 0.2) is 10.9 Å². The molecule has 4 aromatic rings. The van der Waals surface area contributed by atoms with E-state index in [0.29, 0.717) is 41.4 Å². The topological polar surface area (TPSA) is 95.7 Å². The first-order valence-corrected chi connectivity index (χ1v) is 10.8. The van der Waals surface area contributed by atoms with Gasteiger partial charge in [0, 0.05) is 17.3 Å². The first-order valence-electron chi connectivity index (χ1n) is 9.94. The number of furan rings is 1. The molecule has 1 fully saturated rings. The zero-order valence-electron chi connectivity index (χ0n) is 16.4. The normalized spacial score (nSPS) is 16.0. The lowest BCUT2D eigenvalue weighted by molar-refractivity contribution is -0.119. The van der Waals surface area contributed by atoms with Crippen LogP contribution in [0.1, 0.15) is 23.2 Å². The van der Waals surface area contributed by atoms with Gasteiger partial charge in [-0.15, -0.1) is 11.3 Å². The molecule has 7 nitrogen and oxygen atoms in total. The number of benzene rings is 2. The summed E-state index contributed by atoms with van der Waals surface area (Å²) in [5, 5.41) is 17.2. The molecule has 0 bridgehead atoms. The average Bonchev–Trinajstić information content (AvgIpc) is 3.54. The van der Waals surface area contributed by atoms with Crippen LogP contribution < -0.4 is 5.32 Å². The van der Waals surface area contributed by atoms with Crippen LogP contribution in [0.5, 0.6) is 5.75 Å². The summed E-state index contributed by atoms with van der Waals surface area (Å²) in [6.07, 6.45) is 2.84. The van der Waals surface area contributed by atoms with Gasteiger partial charge >= 0.3 is 0 Å². The Bertz CT molecular complexity index is 1270. The van der Waals surface area contributed by atoms with E-state index in [9.17, 15) is 14.7 Å². The van der Waals surface area contributed by atoms with Gasteiger partial charge in [-0.3, -0.25) is 9.59 Å². The van der Waals surface area contributed by atoms with Gasteiger partial charge in [0.05, 0.1) is 11.8 Å². The minimum Gasteiger partial charge on any atom is -0.506 e. The summed E-state index contributed by atoms with van der Waals surface area (Å²) < 4.78 is 5.33. The Morgan fingerprint density at radius 1 is 1.16 bits per heavy atom. The Labute approximate surface area is 181 Å². The van der Waals surface area contributed by atoms with Crippen molar-refractivity contribution in [2.24, 2.45) is 0 Å². The molecule has 0 spiro atoms. The molecule has 0 saturated carbocycles. The van der Waals surface area contributed by atoms with E-state index >= 15 is 0 Å². The van der Waals surface area contributed by atoms with Crippen molar-refractivity contribution < 1.29 is 19.1 Å². The van der Waals surface area contributed by atoms with Crippen molar-refractivity contribution >= 4 is 39.1 Å². The molecule has 1 saturated heterocycles. The Balaban J connectivity index is 1.35. The summed E-state index contributed by atoms with van der Waals surface area (Å²) in [5.74, 6) is -0.0684. The highest BCUT2D eigenvalue weighted by Crippen LogP contribution is 2.32. The maximum absolute atomic E-state index is 13.2. The molecule has 2 aromatic heterocycles. The Kier molecular flexibility index (Phi) is 4.91. The van der Waals surface area contributed by atoms with Crippen molar-refractivity contribution in [2.75, 3.05) is 11.9 Å². The highest BCUT2D eigenvalue weighted by Gasteiger charge is 2.36. The lowest BCUT2D eigenvalue weighted by Gasteiger charge is -2.24. The maximum Gasteiger partial charge on any atom is 0.258 e. The lowest BCUT2D eigenvalue weighted by Crippen LogP contribution is -2.43. The summed E-state index contributed by atoms with van der Waals surface area (Å²) in [5.41, 5.74) is 0.846. The zero-order chi connectivity index (χ0) is 21.4. The number of aromatic hydroxyl groups is 1. The van der Waals surface area contributed by atoms with E-state index in [1.54, 1.807) is 42.0 Å². The molecule has 0 radical (unpaired) electrons. The number of rotatable bonds is 4. The number of phenols is 1. The summed E-state index contributed by atoms with van der Waals surface area (Å²) in [7, 11) is 0. The summed E-state index contributed by atoms with van der Waals surface area (Å²) in [4.78, 5) is 32.0. The minimum absolute atomic E-state index is 0.0582. The number of thiazole rings is 1. The minimum atomic E-state index is -0.616. The predicted molar refractivity (Wildman–Crippen MR) is 118 cm³/mol. The number of carbonyl (C=O) groups is 2. The Morgan fingerprint density at radius 3 is 2.87 bits per heavy atom. The standard InChI is InChI=1S/C23H19N3O4S/c27-20-15-6-2-1-5-14(15)9-10-16(20)22(29)26-11-3-7-18(26)21(28)25-23-24-17(13-31-23)19-8-4-12-30-19/h1-2,4-6,8-10,12-13,18,27H,3,7,11H2,(H,24,25,28). The number of anilines is 1. The fourth-order valence-corrected chi connectivity index (χ4v) is 4.62. The molecule has 156 valence electrons. The smallest absolute Gasteiger partial charge is 0.258 e. The quantitative estimate of drug-likeness (QED) is 0.494. The molecule has 8 heteroatoms. The molecule has 2 amide bonds. The number of hydrogen-bond acceptors (Lipinski definition) is 6. The lowest BCUT2D eigenvalue weighted by atomic mass is 10.0. The zero-order valence-corrected chi connectivity index (χ0v) is 17.3. The SMILES string of the molecule is O=C(Nc1nc(-c2ccco2)cs1)C1CCCN1C(=O)c1ccc2ccccc2c1O. The highest BCUT2D eigenvalue weighted by atomic mass is 32.1. The van der Waals surface area contributed by atoms with Crippen LogP contribution in [0.25, 0.3) is 22.2 Å². The predicted octanol–water partition coefficient (Wildman–Crippen LogP) is 4.51. The molecular weight excluding hydrogens is 414 g/mol. The second kappa shape index (κ2) is 7.88. The summed E-state index contributed by atoms with van der Waals surface area (Å²) in [6, 6.07) is 13.7. The van der Waals surface area contributed by atoms with Crippen LogP contribution in [0.2, 0.25) is 0 Å². The van der Waals surface area contributed by atoms with Gasteiger partial charge in [-0.25, -0.2) is 4.98 Å². The van der Waals surface area contributed by atoms with Gasteiger partial charge in [0.2, 0.25) is 5.91 Å². The van der Waals surface area contributed by atoms with E-state index in [2.05, 4.69) is 10.3 Å². The molecule has 5 rings (SSSR count). The Hall–Kier alpha value is -3.65. The number of likely N-dealkylation sites (tertiary alicyclic amines) is 1. The number of amides is 2. The molecule has 0 aliphatic carbocycles. The number of phenolic OH excluding ortho intramolecular Hbond substituents is 1.